The molecule has 4 nitrogen and oxygen atoms in total. The quantitative estimate of drug-likeness (QED) is 0.812. The number of aromatic nitrogens is 2. The maximum Gasteiger partial charge on any atom is 0.586 e. The monoisotopic (exact) mass is 304 g/mol. The van der Waals surface area contributed by atoms with Gasteiger partial charge in [0.25, 0.3) is 0 Å². The van der Waals surface area contributed by atoms with Crippen LogP contribution in [0.5, 0.6) is 11.5 Å². The molecule has 90 valence electrons. The average Bonchev–Trinajstić information content (AvgIpc) is 2.67. The molecule has 1 aromatic heterocycles. The van der Waals surface area contributed by atoms with E-state index in [2.05, 4.69) is 30.4 Å². The van der Waals surface area contributed by atoms with Gasteiger partial charge in [-0.05, 0) is 22.9 Å². The molecule has 0 amide bonds. The Balaban J connectivity index is 2.23. The zero-order valence-corrected chi connectivity index (χ0v) is 10.3. The molecule has 7 heteroatoms. The molecule has 0 radical (unpaired) electrons. The molecule has 0 saturated heterocycles. The lowest BCUT2D eigenvalue weighted by molar-refractivity contribution is -0.286. The fourth-order valence-electron chi connectivity index (χ4n) is 1.84. The fourth-order valence-corrected chi connectivity index (χ4v) is 2.47. The molecule has 1 aromatic carbocycles. The second kappa shape index (κ2) is 3.32. The van der Waals surface area contributed by atoms with Gasteiger partial charge in [-0.15, -0.1) is 8.78 Å². The summed E-state index contributed by atoms with van der Waals surface area (Å²) in [7, 11) is 0. The van der Waals surface area contributed by atoms with E-state index < -0.39 is 6.29 Å². The zero-order valence-electron chi connectivity index (χ0n) is 8.71. The zero-order chi connectivity index (χ0) is 12.2. The summed E-state index contributed by atoms with van der Waals surface area (Å²) in [6.45, 7) is 2.61. The number of benzene rings is 1. The average molecular weight is 305 g/mol. The SMILES string of the molecule is CCn1c(Br)nc2cc3c(cc21)OC(F)(F)O3. The maximum absolute atomic E-state index is 12.9. The summed E-state index contributed by atoms with van der Waals surface area (Å²) in [5, 5.41) is 0. The molecule has 1 aliphatic heterocycles. The lowest BCUT2D eigenvalue weighted by Crippen LogP contribution is -2.25. The fraction of sp³-hybridized carbons (Fsp3) is 0.300. The molecule has 0 aliphatic carbocycles. The van der Waals surface area contributed by atoms with Gasteiger partial charge in [0.2, 0.25) is 0 Å². The van der Waals surface area contributed by atoms with Gasteiger partial charge in [0.15, 0.2) is 16.2 Å². The van der Waals surface area contributed by atoms with Crippen LogP contribution in [0.2, 0.25) is 0 Å². The molecule has 0 fully saturated rings. The molecule has 0 atom stereocenters. The van der Waals surface area contributed by atoms with E-state index in [1.165, 1.54) is 12.1 Å². The van der Waals surface area contributed by atoms with E-state index >= 15 is 0 Å². The van der Waals surface area contributed by atoms with Crippen molar-refractivity contribution in [3.8, 4) is 11.5 Å². The standard InChI is InChI=1S/C10H7BrF2N2O2/c1-2-15-6-4-8-7(16-10(12,13)17-8)3-5(6)14-9(15)11/h3-4H,2H2,1H3. The first-order valence-electron chi connectivity index (χ1n) is 4.96. The van der Waals surface area contributed by atoms with Crippen LogP contribution in [0.4, 0.5) is 8.78 Å². The van der Waals surface area contributed by atoms with Crippen molar-refractivity contribution in [2.24, 2.45) is 0 Å². The second-order valence-electron chi connectivity index (χ2n) is 3.58. The van der Waals surface area contributed by atoms with E-state index in [9.17, 15) is 8.78 Å². The van der Waals surface area contributed by atoms with Gasteiger partial charge >= 0.3 is 6.29 Å². The molecular formula is C10H7BrF2N2O2. The van der Waals surface area contributed by atoms with Gasteiger partial charge in [-0.1, -0.05) is 0 Å². The molecule has 0 unspecified atom stereocenters. The Labute approximate surface area is 103 Å². The van der Waals surface area contributed by atoms with Crippen molar-refractivity contribution in [3.05, 3.63) is 16.9 Å². The van der Waals surface area contributed by atoms with Crippen LogP contribution in [-0.4, -0.2) is 15.8 Å². The summed E-state index contributed by atoms with van der Waals surface area (Å²) < 4.78 is 37.0. The number of ether oxygens (including phenoxy) is 2. The second-order valence-corrected chi connectivity index (χ2v) is 4.29. The van der Waals surface area contributed by atoms with Crippen LogP contribution in [0.25, 0.3) is 11.0 Å². The normalized spacial score (nSPS) is 16.7. The molecule has 17 heavy (non-hydrogen) atoms. The first kappa shape index (κ1) is 10.8. The van der Waals surface area contributed by atoms with E-state index in [1.54, 1.807) is 0 Å². The van der Waals surface area contributed by atoms with E-state index in [0.717, 1.165) is 5.52 Å². The molecule has 2 heterocycles. The minimum absolute atomic E-state index is 0.00996. The van der Waals surface area contributed by atoms with Crippen LogP contribution in [0, 0.1) is 0 Å². The molecule has 0 saturated carbocycles. The number of alkyl halides is 2. The summed E-state index contributed by atoms with van der Waals surface area (Å²) >= 11 is 3.30. The van der Waals surface area contributed by atoms with Gasteiger partial charge in [-0.2, -0.15) is 0 Å². The molecule has 0 N–H and O–H groups in total. The Bertz CT molecular complexity index is 612. The highest BCUT2D eigenvalue weighted by atomic mass is 79.9. The van der Waals surface area contributed by atoms with Crippen molar-refractivity contribution in [2.75, 3.05) is 0 Å². The predicted molar refractivity (Wildman–Crippen MR) is 59.3 cm³/mol. The van der Waals surface area contributed by atoms with Crippen molar-refractivity contribution in [1.82, 2.24) is 9.55 Å². The van der Waals surface area contributed by atoms with Crippen LogP contribution in [0.3, 0.4) is 0 Å². The molecular weight excluding hydrogens is 298 g/mol. The number of nitrogens with zero attached hydrogens (tertiary/aromatic N) is 2. The van der Waals surface area contributed by atoms with Crippen molar-refractivity contribution in [1.29, 1.82) is 0 Å². The number of hydrogen-bond donors (Lipinski definition) is 0. The summed E-state index contributed by atoms with van der Waals surface area (Å²) in [5.74, 6) is 0.0420. The van der Waals surface area contributed by atoms with Gasteiger partial charge in [0, 0.05) is 18.7 Å². The maximum atomic E-state index is 12.9. The van der Waals surface area contributed by atoms with Gasteiger partial charge in [-0.25, -0.2) is 4.98 Å². The molecule has 2 aromatic rings. The minimum atomic E-state index is -3.59. The van der Waals surface area contributed by atoms with E-state index in [-0.39, 0.29) is 11.5 Å². The van der Waals surface area contributed by atoms with Gasteiger partial charge in [0.05, 0.1) is 11.0 Å². The Morgan fingerprint density at radius 2 is 2.00 bits per heavy atom. The lowest BCUT2D eigenvalue weighted by Gasteiger charge is -2.04. The predicted octanol–water partition coefficient (Wildman–Crippen LogP) is 3.14. The van der Waals surface area contributed by atoms with Crippen LogP contribution in [0.15, 0.2) is 16.9 Å². The van der Waals surface area contributed by atoms with E-state index in [0.29, 0.717) is 16.8 Å². The molecule has 1 aliphatic rings. The molecule has 0 bridgehead atoms. The Kier molecular flexibility index (Phi) is 2.10. The minimum Gasteiger partial charge on any atom is -0.395 e. The van der Waals surface area contributed by atoms with Crippen molar-refractivity contribution < 1.29 is 18.3 Å². The summed E-state index contributed by atoms with van der Waals surface area (Å²) in [6, 6.07) is 2.95. The number of halogens is 3. The first-order valence-corrected chi connectivity index (χ1v) is 5.75. The highest BCUT2D eigenvalue weighted by molar-refractivity contribution is 9.10. The number of rotatable bonds is 1. The third-order valence-electron chi connectivity index (χ3n) is 2.54. The van der Waals surface area contributed by atoms with E-state index in [1.807, 2.05) is 11.5 Å². The molecule has 3 rings (SSSR count). The Hall–Kier alpha value is -1.37. The number of imidazole rings is 1. The topological polar surface area (TPSA) is 36.3 Å². The van der Waals surface area contributed by atoms with Crippen LogP contribution < -0.4 is 9.47 Å². The summed E-state index contributed by atoms with van der Waals surface area (Å²) in [5.41, 5.74) is 1.30. The third-order valence-corrected chi connectivity index (χ3v) is 3.15. The van der Waals surface area contributed by atoms with E-state index in [4.69, 9.17) is 0 Å². The van der Waals surface area contributed by atoms with Crippen LogP contribution >= 0.6 is 15.9 Å². The van der Waals surface area contributed by atoms with Crippen molar-refractivity contribution >= 4 is 27.0 Å². The van der Waals surface area contributed by atoms with Crippen LogP contribution in [0.1, 0.15) is 6.92 Å². The lowest BCUT2D eigenvalue weighted by atomic mass is 10.2. The number of fused-ring (bicyclic) bond motifs is 2. The van der Waals surface area contributed by atoms with Gasteiger partial charge in [0.1, 0.15) is 0 Å². The first-order chi connectivity index (χ1) is 8.00. The van der Waals surface area contributed by atoms with Gasteiger partial charge in [-0.3, -0.25) is 0 Å². The highest BCUT2D eigenvalue weighted by Crippen LogP contribution is 2.43. The summed E-state index contributed by atoms with van der Waals surface area (Å²) in [4.78, 5) is 4.21. The Morgan fingerprint density at radius 3 is 2.65 bits per heavy atom. The number of hydrogen-bond acceptors (Lipinski definition) is 3. The third kappa shape index (κ3) is 1.56. The smallest absolute Gasteiger partial charge is 0.395 e. The highest BCUT2D eigenvalue weighted by Gasteiger charge is 2.43. The largest absolute Gasteiger partial charge is 0.586 e. The molecule has 0 spiro atoms. The van der Waals surface area contributed by atoms with Crippen molar-refractivity contribution in [2.45, 2.75) is 19.8 Å². The number of aryl methyl sites for hydroxylation is 1. The van der Waals surface area contributed by atoms with Crippen molar-refractivity contribution in [3.63, 3.8) is 0 Å². The Morgan fingerprint density at radius 1 is 1.35 bits per heavy atom. The van der Waals surface area contributed by atoms with Gasteiger partial charge < -0.3 is 14.0 Å². The van der Waals surface area contributed by atoms with Crippen LogP contribution in [-0.2, 0) is 6.54 Å². The summed E-state index contributed by atoms with van der Waals surface area (Å²) in [6.07, 6.45) is -3.59.